The average Bonchev–Trinajstić information content (AvgIpc) is 2.47. The topological polar surface area (TPSA) is 0 Å². The zero-order valence-corrected chi connectivity index (χ0v) is 18.0. The molecule has 1 aromatic rings. The molecule has 0 radical (unpaired) electrons. The van der Waals surface area contributed by atoms with Crippen molar-refractivity contribution in [2.24, 2.45) is 5.92 Å². The molecular weight excluding hydrogens is 320 g/mol. The molecule has 0 bridgehead atoms. The maximum Gasteiger partial charge on any atom is 0.0863 e. The third-order valence-electron chi connectivity index (χ3n) is 4.23. The third-order valence-corrected chi connectivity index (χ3v) is 8.43. The second-order valence-corrected chi connectivity index (χ2v) is 10.8. The van der Waals surface area contributed by atoms with Crippen molar-refractivity contribution in [1.82, 2.24) is 0 Å². The molecule has 1 aliphatic heterocycles. The molecule has 1 fully saturated rings. The van der Waals surface area contributed by atoms with E-state index in [0.717, 1.165) is 22.6 Å². The van der Waals surface area contributed by atoms with Gasteiger partial charge in [-0.3, -0.25) is 0 Å². The average molecular weight is 351 g/mol. The zero-order chi connectivity index (χ0) is 16.0. The van der Waals surface area contributed by atoms with Gasteiger partial charge in [0.1, 0.15) is 0 Å². The van der Waals surface area contributed by atoms with Crippen molar-refractivity contribution in [1.29, 1.82) is 0 Å². The number of hydrogen-bond donors (Lipinski definition) is 0. The summed E-state index contributed by atoms with van der Waals surface area (Å²) in [7, 11) is 1.15. The second-order valence-electron chi connectivity index (χ2n) is 6.69. The van der Waals surface area contributed by atoms with Crippen LogP contribution in [0.2, 0.25) is 0 Å². The lowest BCUT2D eigenvalue weighted by Crippen LogP contribution is -2.32. The molecule has 22 heavy (non-hydrogen) atoms. The molecule has 0 aliphatic carbocycles. The highest BCUT2D eigenvalue weighted by atomic mass is 32.2. The van der Waals surface area contributed by atoms with Crippen LogP contribution in [0.5, 0.6) is 0 Å². The van der Waals surface area contributed by atoms with Crippen LogP contribution in [0, 0.1) is 5.92 Å². The van der Waals surface area contributed by atoms with Crippen LogP contribution < -0.4 is 5.19 Å². The van der Waals surface area contributed by atoms with Crippen molar-refractivity contribution < 1.29 is 0 Å². The van der Waals surface area contributed by atoms with E-state index in [0.29, 0.717) is 4.08 Å². The van der Waals surface area contributed by atoms with Gasteiger partial charge in [0.15, 0.2) is 0 Å². The van der Waals surface area contributed by atoms with E-state index in [2.05, 4.69) is 68.2 Å². The summed E-state index contributed by atoms with van der Waals surface area (Å²) in [5, 5.41) is 1.62. The number of unbranched alkanes of at least 4 members (excludes halogenated alkanes) is 1. The second kappa shape index (κ2) is 8.65. The minimum Gasteiger partial charge on any atom is -0.139 e. The molecule has 0 aromatic heterocycles. The maximum atomic E-state index is 3.87. The highest BCUT2D eigenvalue weighted by molar-refractivity contribution is 8.18. The van der Waals surface area contributed by atoms with Gasteiger partial charge in [0.2, 0.25) is 0 Å². The monoisotopic (exact) mass is 350 g/mol. The Morgan fingerprint density at radius 3 is 2.68 bits per heavy atom. The van der Waals surface area contributed by atoms with Gasteiger partial charge < -0.3 is 0 Å². The number of rotatable bonds is 7. The number of benzene rings is 1. The quantitative estimate of drug-likeness (QED) is 0.409. The Hall–Kier alpha value is -0.123. The minimum absolute atomic E-state index is 0.314. The lowest BCUT2D eigenvalue weighted by Gasteiger charge is -2.40. The first-order valence-electron chi connectivity index (χ1n) is 8.57. The van der Waals surface area contributed by atoms with Crippen LogP contribution in [0.1, 0.15) is 50.7 Å². The van der Waals surface area contributed by atoms with Crippen molar-refractivity contribution in [3.63, 3.8) is 0 Å². The Kier molecular flexibility index (Phi) is 7.16. The molecule has 0 N–H and O–H groups in total. The lowest BCUT2D eigenvalue weighted by atomic mass is 9.94. The standard InChI is InChI=1S/C19H30S2Si/c1-4-5-6-9-16-10-7-11-17(22)18(16)19(14-15(2)3)20-12-8-13-21-19/h4,7,10-11,15H,1,5-6,8-9,12-14H2,2-3,22H3. The van der Waals surface area contributed by atoms with E-state index in [1.54, 1.807) is 16.3 Å². The van der Waals surface area contributed by atoms with Crippen LogP contribution in [0.4, 0.5) is 0 Å². The van der Waals surface area contributed by atoms with E-state index < -0.39 is 0 Å². The van der Waals surface area contributed by atoms with Crippen LogP contribution in [-0.4, -0.2) is 21.7 Å². The number of aryl methyl sites for hydroxylation is 1. The Morgan fingerprint density at radius 2 is 2.05 bits per heavy atom. The Morgan fingerprint density at radius 1 is 1.32 bits per heavy atom. The predicted molar refractivity (Wildman–Crippen MR) is 110 cm³/mol. The molecule has 1 aliphatic rings. The SMILES string of the molecule is C=CCCCc1cccc([SiH3])c1C1(CC(C)C)SCCCS1. The summed E-state index contributed by atoms with van der Waals surface area (Å²) in [4.78, 5) is 0. The van der Waals surface area contributed by atoms with Gasteiger partial charge in [-0.1, -0.05) is 43.3 Å². The molecule has 0 atom stereocenters. The van der Waals surface area contributed by atoms with E-state index in [1.807, 2.05) is 0 Å². The fourth-order valence-corrected chi connectivity index (χ4v) is 8.73. The van der Waals surface area contributed by atoms with E-state index in [9.17, 15) is 0 Å². The summed E-state index contributed by atoms with van der Waals surface area (Å²) in [6.45, 7) is 8.63. The molecule has 0 nitrogen and oxygen atoms in total. The van der Waals surface area contributed by atoms with Gasteiger partial charge in [0, 0.05) is 10.2 Å². The third kappa shape index (κ3) is 4.45. The summed E-state index contributed by atoms with van der Waals surface area (Å²) in [6.07, 6.45) is 8.29. The van der Waals surface area contributed by atoms with Crippen molar-refractivity contribution in [3.05, 3.63) is 42.0 Å². The molecule has 0 amide bonds. The maximum absolute atomic E-state index is 3.87. The number of allylic oxidation sites excluding steroid dienone is 1. The molecule has 2 rings (SSSR count). The van der Waals surface area contributed by atoms with Gasteiger partial charge in [-0.25, -0.2) is 0 Å². The summed E-state index contributed by atoms with van der Waals surface area (Å²) in [5.41, 5.74) is 3.31. The highest BCUT2D eigenvalue weighted by Crippen LogP contribution is 2.54. The van der Waals surface area contributed by atoms with E-state index in [-0.39, 0.29) is 0 Å². The van der Waals surface area contributed by atoms with Crippen LogP contribution >= 0.6 is 23.5 Å². The normalized spacial score (nSPS) is 17.8. The molecule has 1 saturated heterocycles. The largest absolute Gasteiger partial charge is 0.139 e. The van der Waals surface area contributed by atoms with Gasteiger partial charge in [-0.15, -0.1) is 30.1 Å². The first kappa shape index (κ1) is 18.2. The smallest absolute Gasteiger partial charge is 0.0863 e. The van der Waals surface area contributed by atoms with Gasteiger partial charge in [0.05, 0.1) is 4.08 Å². The number of hydrogen-bond acceptors (Lipinski definition) is 2. The minimum atomic E-state index is 0.314. The van der Waals surface area contributed by atoms with Gasteiger partial charge in [-0.05, 0) is 60.7 Å². The number of thioether (sulfide) groups is 2. The van der Waals surface area contributed by atoms with E-state index >= 15 is 0 Å². The summed E-state index contributed by atoms with van der Waals surface area (Å²) < 4.78 is 0.314. The Bertz CT molecular complexity index is 490. The first-order valence-corrected chi connectivity index (χ1v) is 11.5. The van der Waals surface area contributed by atoms with Crippen molar-refractivity contribution in [2.75, 3.05) is 11.5 Å². The molecule has 1 aromatic carbocycles. The predicted octanol–water partition coefficient (Wildman–Crippen LogP) is 4.26. The fraction of sp³-hybridized carbons (Fsp3) is 0.579. The fourth-order valence-electron chi connectivity index (χ4n) is 3.40. The first-order chi connectivity index (χ1) is 10.6. The highest BCUT2D eigenvalue weighted by Gasteiger charge is 2.38. The zero-order valence-electron chi connectivity index (χ0n) is 14.4. The van der Waals surface area contributed by atoms with Gasteiger partial charge in [-0.2, -0.15) is 0 Å². The van der Waals surface area contributed by atoms with Crippen LogP contribution in [0.15, 0.2) is 30.9 Å². The molecule has 0 unspecified atom stereocenters. The molecule has 1 heterocycles. The van der Waals surface area contributed by atoms with Crippen LogP contribution in [0.3, 0.4) is 0 Å². The van der Waals surface area contributed by atoms with Crippen LogP contribution in [0.25, 0.3) is 0 Å². The summed E-state index contributed by atoms with van der Waals surface area (Å²) >= 11 is 4.45. The summed E-state index contributed by atoms with van der Waals surface area (Å²) in [6, 6.07) is 7.03. The van der Waals surface area contributed by atoms with E-state index in [1.165, 1.54) is 37.2 Å². The molecule has 0 spiro atoms. The van der Waals surface area contributed by atoms with Gasteiger partial charge >= 0.3 is 0 Å². The Labute approximate surface area is 148 Å². The lowest BCUT2D eigenvalue weighted by molar-refractivity contribution is 0.553. The summed E-state index contributed by atoms with van der Waals surface area (Å²) in [5.74, 6) is 3.39. The molecule has 122 valence electrons. The molecular formula is C19H30S2Si. The molecule has 0 saturated carbocycles. The van der Waals surface area contributed by atoms with Crippen molar-refractivity contribution >= 4 is 39.0 Å². The van der Waals surface area contributed by atoms with Gasteiger partial charge in [0.25, 0.3) is 0 Å². The Balaban J connectivity index is 2.38. The van der Waals surface area contributed by atoms with Crippen molar-refractivity contribution in [2.45, 2.75) is 50.0 Å². The van der Waals surface area contributed by atoms with Crippen molar-refractivity contribution in [3.8, 4) is 0 Å². The molecule has 3 heteroatoms. The van der Waals surface area contributed by atoms with Crippen LogP contribution in [-0.2, 0) is 10.5 Å². The van der Waals surface area contributed by atoms with E-state index in [4.69, 9.17) is 0 Å².